The zero-order valence-corrected chi connectivity index (χ0v) is 17.5. The Morgan fingerprint density at radius 3 is 2.44 bits per heavy atom. The summed E-state index contributed by atoms with van der Waals surface area (Å²) in [6.07, 6.45) is 1.97. The number of hydrogen-bond donors (Lipinski definition) is 2. The largest absolute Gasteiger partial charge is 0.496 e. The maximum Gasteiger partial charge on any atom is 0.255 e. The third-order valence-electron chi connectivity index (χ3n) is 5.25. The summed E-state index contributed by atoms with van der Waals surface area (Å²) in [5, 5.41) is 6.28. The number of benzene rings is 1. The van der Waals surface area contributed by atoms with E-state index in [0.29, 0.717) is 25.4 Å². The van der Waals surface area contributed by atoms with E-state index in [4.69, 9.17) is 4.74 Å². The Bertz CT molecular complexity index is 754. The number of ether oxygens (including phenoxy) is 1. The number of sulfonamides is 1. The van der Waals surface area contributed by atoms with Crippen LogP contribution in [0.25, 0.3) is 0 Å². The van der Waals surface area contributed by atoms with Crippen LogP contribution >= 0.6 is 0 Å². The van der Waals surface area contributed by atoms with Gasteiger partial charge in [0, 0.05) is 19.6 Å². The summed E-state index contributed by atoms with van der Waals surface area (Å²) in [5.74, 6) is 0.0460. The molecule has 1 aromatic rings. The summed E-state index contributed by atoms with van der Waals surface area (Å²) < 4.78 is 32.2. The summed E-state index contributed by atoms with van der Waals surface area (Å²) in [4.78, 5) is 12.9. The average Bonchev–Trinajstić information content (AvgIpc) is 2.67. The average molecular weight is 398 g/mol. The standard InChI is InChI=1S/C19H31N3O4S/c1-5-22(6-2)27(24,25)15-7-8-17(26-4)16(13-15)18(23)21-14-19(3)9-11-20-12-10-19/h7-8,13,20H,5-6,9-12,14H2,1-4H3,(H,21,23). The number of rotatable bonds is 8. The van der Waals surface area contributed by atoms with Crippen LogP contribution in [0.3, 0.4) is 0 Å². The maximum absolute atomic E-state index is 12.8. The van der Waals surface area contributed by atoms with Gasteiger partial charge in [-0.3, -0.25) is 4.79 Å². The van der Waals surface area contributed by atoms with Crippen molar-refractivity contribution in [1.82, 2.24) is 14.9 Å². The van der Waals surface area contributed by atoms with Crippen molar-refractivity contribution in [3.8, 4) is 5.75 Å². The number of carbonyl (C=O) groups excluding carboxylic acids is 1. The molecule has 0 spiro atoms. The van der Waals surface area contributed by atoms with Crippen molar-refractivity contribution in [2.75, 3.05) is 39.8 Å². The van der Waals surface area contributed by atoms with Crippen molar-refractivity contribution in [3.05, 3.63) is 23.8 Å². The minimum atomic E-state index is -3.64. The second kappa shape index (κ2) is 9.03. The molecule has 152 valence electrons. The number of amides is 1. The molecule has 1 fully saturated rings. The van der Waals surface area contributed by atoms with Crippen molar-refractivity contribution >= 4 is 15.9 Å². The monoisotopic (exact) mass is 397 g/mol. The van der Waals surface area contributed by atoms with E-state index in [9.17, 15) is 13.2 Å². The number of carbonyl (C=O) groups is 1. The molecular formula is C19H31N3O4S. The lowest BCUT2D eigenvalue weighted by Gasteiger charge is -2.34. The molecular weight excluding hydrogens is 366 g/mol. The van der Waals surface area contributed by atoms with Gasteiger partial charge in [0.1, 0.15) is 5.75 Å². The fraction of sp³-hybridized carbons (Fsp3) is 0.632. The quantitative estimate of drug-likeness (QED) is 0.699. The van der Waals surface area contributed by atoms with E-state index < -0.39 is 10.0 Å². The first-order valence-electron chi connectivity index (χ1n) is 9.44. The van der Waals surface area contributed by atoms with Crippen LogP contribution in [0, 0.1) is 5.41 Å². The third kappa shape index (κ3) is 5.00. The highest BCUT2D eigenvalue weighted by molar-refractivity contribution is 7.89. The van der Waals surface area contributed by atoms with Crippen molar-refractivity contribution in [3.63, 3.8) is 0 Å². The molecule has 8 heteroatoms. The van der Waals surface area contributed by atoms with Gasteiger partial charge in [0.25, 0.3) is 5.91 Å². The Hall–Kier alpha value is -1.64. The molecule has 1 saturated heterocycles. The van der Waals surface area contributed by atoms with E-state index in [-0.39, 0.29) is 21.8 Å². The normalized spacial score (nSPS) is 16.9. The van der Waals surface area contributed by atoms with Gasteiger partial charge in [0.15, 0.2) is 0 Å². The van der Waals surface area contributed by atoms with Gasteiger partial charge in [-0.15, -0.1) is 0 Å². The molecule has 1 amide bonds. The summed E-state index contributed by atoms with van der Waals surface area (Å²) in [6, 6.07) is 4.43. The summed E-state index contributed by atoms with van der Waals surface area (Å²) in [6.45, 7) is 8.91. The number of nitrogens with zero attached hydrogens (tertiary/aromatic N) is 1. The first-order valence-corrected chi connectivity index (χ1v) is 10.9. The molecule has 1 aromatic carbocycles. The molecule has 0 saturated carbocycles. The minimum absolute atomic E-state index is 0.0407. The Balaban J connectivity index is 2.25. The molecule has 7 nitrogen and oxygen atoms in total. The summed E-state index contributed by atoms with van der Waals surface area (Å²) >= 11 is 0. The van der Waals surface area contributed by atoms with E-state index in [1.165, 1.54) is 29.6 Å². The molecule has 0 unspecified atom stereocenters. The van der Waals surface area contributed by atoms with Gasteiger partial charge in [-0.1, -0.05) is 20.8 Å². The zero-order chi connectivity index (χ0) is 20.1. The molecule has 27 heavy (non-hydrogen) atoms. The number of piperidine rings is 1. The third-order valence-corrected chi connectivity index (χ3v) is 7.29. The van der Waals surface area contributed by atoms with Gasteiger partial charge in [-0.05, 0) is 49.5 Å². The van der Waals surface area contributed by atoms with Gasteiger partial charge in [0.05, 0.1) is 17.6 Å². The van der Waals surface area contributed by atoms with Crippen molar-refractivity contribution < 1.29 is 17.9 Å². The Morgan fingerprint density at radius 2 is 1.89 bits per heavy atom. The van der Waals surface area contributed by atoms with Gasteiger partial charge in [-0.2, -0.15) is 4.31 Å². The predicted octanol–water partition coefficient (Wildman–Crippen LogP) is 1.85. The maximum atomic E-state index is 12.8. The Morgan fingerprint density at radius 1 is 1.26 bits per heavy atom. The fourth-order valence-electron chi connectivity index (χ4n) is 3.33. The van der Waals surface area contributed by atoms with Crippen molar-refractivity contribution in [2.45, 2.75) is 38.5 Å². The number of nitrogens with one attached hydrogen (secondary N) is 2. The van der Waals surface area contributed by atoms with Crippen LogP contribution < -0.4 is 15.4 Å². The van der Waals surface area contributed by atoms with Crippen LogP contribution in [-0.4, -0.2) is 58.5 Å². The van der Waals surface area contributed by atoms with Crippen LogP contribution in [-0.2, 0) is 10.0 Å². The Labute approximate surface area is 162 Å². The highest BCUT2D eigenvalue weighted by atomic mass is 32.2. The minimum Gasteiger partial charge on any atom is -0.496 e. The van der Waals surface area contributed by atoms with Crippen LogP contribution in [0.5, 0.6) is 5.75 Å². The van der Waals surface area contributed by atoms with Gasteiger partial charge >= 0.3 is 0 Å². The fourth-order valence-corrected chi connectivity index (χ4v) is 4.82. The van der Waals surface area contributed by atoms with E-state index >= 15 is 0 Å². The predicted molar refractivity (Wildman–Crippen MR) is 106 cm³/mol. The summed E-state index contributed by atoms with van der Waals surface area (Å²) in [7, 11) is -2.17. The first-order chi connectivity index (χ1) is 12.8. The first kappa shape index (κ1) is 21.7. The van der Waals surface area contributed by atoms with E-state index in [1.54, 1.807) is 13.8 Å². The van der Waals surface area contributed by atoms with Gasteiger partial charge in [-0.25, -0.2) is 8.42 Å². The smallest absolute Gasteiger partial charge is 0.255 e. The second-order valence-electron chi connectivity index (χ2n) is 7.19. The summed E-state index contributed by atoms with van der Waals surface area (Å²) in [5.41, 5.74) is 0.280. The molecule has 1 aliphatic heterocycles. The molecule has 0 atom stereocenters. The lowest BCUT2D eigenvalue weighted by molar-refractivity contribution is 0.0919. The molecule has 0 aromatic heterocycles. The molecule has 0 aliphatic carbocycles. The molecule has 1 heterocycles. The SMILES string of the molecule is CCN(CC)S(=O)(=O)c1ccc(OC)c(C(=O)NCC2(C)CCNCC2)c1. The van der Waals surface area contributed by atoms with Crippen LogP contribution in [0.15, 0.2) is 23.1 Å². The Kier molecular flexibility index (Phi) is 7.25. The highest BCUT2D eigenvalue weighted by Gasteiger charge is 2.28. The molecule has 1 aliphatic rings. The van der Waals surface area contributed by atoms with Crippen molar-refractivity contribution in [2.24, 2.45) is 5.41 Å². The number of methoxy groups -OCH3 is 1. The van der Waals surface area contributed by atoms with E-state index in [2.05, 4.69) is 17.6 Å². The van der Waals surface area contributed by atoms with E-state index in [0.717, 1.165) is 25.9 Å². The molecule has 2 N–H and O–H groups in total. The van der Waals surface area contributed by atoms with Gasteiger partial charge in [0.2, 0.25) is 10.0 Å². The molecule has 2 rings (SSSR count). The number of hydrogen-bond acceptors (Lipinski definition) is 5. The lowest BCUT2D eigenvalue weighted by atomic mass is 9.81. The van der Waals surface area contributed by atoms with Crippen LogP contribution in [0.4, 0.5) is 0 Å². The molecule has 0 bridgehead atoms. The lowest BCUT2D eigenvalue weighted by Crippen LogP contribution is -2.43. The molecule has 0 radical (unpaired) electrons. The zero-order valence-electron chi connectivity index (χ0n) is 16.7. The second-order valence-corrected chi connectivity index (χ2v) is 9.13. The topological polar surface area (TPSA) is 87.7 Å². The van der Waals surface area contributed by atoms with Crippen LogP contribution in [0.2, 0.25) is 0 Å². The van der Waals surface area contributed by atoms with Gasteiger partial charge < -0.3 is 15.4 Å². The van der Waals surface area contributed by atoms with E-state index in [1.807, 2.05) is 0 Å². The van der Waals surface area contributed by atoms with Crippen molar-refractivity contribution in [1.29, 1.82) is 0 Å². The highest BCUT2D eigenvalue weighted by Crippen LogP contribution is 2.28. The van der Waals surface area contributed by atoms with Crippen LogP contribution in [0.1, 0.15) is 44.0 Å².